The van der Waals surface area contributed by atoms with Gasteiger partial charge in [-0.1, -0.05) is 26.7 Å². The number of rotatable bonds is 6. The molecule has 0 saturated heterocycles. The summed E-state index contributed by atoms with van der Waals surface area (Å²) in [5, 5.41) is 3.67. The molecule has 1 aliphatic carbocycles. The van der Waals surface area contributed by atoms with Crippen LogP contribution in [0.4, 0.5) is 0 Å². The third kappa shape index (κ3) is 4.97. The quantitative estimate of drug-likeness (QED) is 0.765. The van der Waals surface area contributed by atoms with Crippen LogP contribution in [0.1, 0.15) is 66.7 Å². The standard InChI is InChI=1S/C15H32N2/c1-6-13(12-16-15(3,4)5)17(7-2)14-10-8-9-11-14/h13-14,16H,6-12H2,1-5H3. The van der Waals surface area contributed by atoms with Gasteiger partial charge >= 0.3 is 0 Å². The van der Waals surface area contributed by atoms with E-state index in [4.69, 9.17) is 0 Å². The topological polar surface area (TPSA) is 15.3 Å². The molecule has 1 saturated carbocycles. The molecule has 2 heteroatoms. The maximum atomic E-state index is 3.67. The Labute approximate surface area is 108 Å². The van der Waals surface area contributed by atoms with Crippen molar-refractivity contribution in [2.75, 3.05) is 13.1 Å². The third-order valence-electron chi connectivity index (χ3n) is 3.97. The first-order chi connectivity index (χ1) is 7.98. The molecule has 1 rings (SSSR count). The van der Waals surface area contributed by atoms with Crippen molar-refractivity contribution in [3.63, 3.8) is 0 Å². The summed E-state index contributed by atoms with van der Waals surface area (Å²) in [6, 6.07) is 1.56. The van der Waals surface area contributed by atoms with E-state index in [-0.39, 0.29) is 5.54 Å². The molecule has 1 unspecified atom stereocenters. The molecule has 0 radical (unpaired) electrons. The van der Waals surface area contributed by atoms with Gasteiger partial charge in [0, 0.05) is 24.2 Å². The van der Waals surface area contributed by atoms with Gasteiger partial charge in [-0.25, -0.2) is 0 Å². The normalized spacial score (nSPS) is 20.1. The second-order valence-corrected chi connectivity index (χ2v) is 6.46. The molecule has 0 spiro atoms. The minimum absolute atomic E-state index is 0.239. The van der Waals surface area contributed by atoms with Gasteiger partial charge in [-0.3, -0.25) is 4.90 Å². The van der Waals surface area contributed by atoms with Crippen LogP contribution >= 0.6 is 0 Å². The molecule has 0 bridgehead atoms. The minimum atomic E-state index is 0.239. The zero-order chi connectivity index (χ0) is 12.9. The molecular weight excluding hydrogens is 208 g/mol. The lowest BCUT2D eigenvalue weighted by Gasteiger charge is -2.37. The molecule has 0 aromatic heterocycles. The SMILES string of the molecule is CCC(CNC(C)(C)C)N(CC)C1CCCC1. The largest absolute Gasteiger partial charge is 0.311 e. The lowest BCUT2D eigenvalue weighted by Crippen LogP contribution is -2.50. The van der Waals surface area contributed by atoms with Gasteiger partial charge in [0.2, 0.25) is 0 Å². The Balaban J connectivity index is 2.50. The fraction of sp³-hybridized carbons (Fsp3) is 1.00. The van der Waals surface area contributed by atoms with E-state index >= 15 is 0 Å². The van der Waals surface area contributed by atoms with E-state index in [1.807, 2.05) is 0 Å². The molecule has 1 aliphatic rings. The summed E-state index contributed by atoms with van der Waals surface area (Å²) in [5.41, 5.74) is 0.239. The maximum absolute atomic E-state index is 3.67. The predicted molar refractivity (Wildman–Crippen MR) is 76.5 cm³/mol. The molecule has 1 fully saturated rings. The van der Waals surface area contributed by atoms with Crippen molar-refractivity contribution in [2.45, 2.75) is 84.3 Å². The zero-order valence-corrected chi connectivity index (χ0v) is 12.6. The van der Waals surface area contributed by atoms with E-state index in [1.54, 1.807) is 0 Å². The van der Waals surface area contributed by atoms with Gasteiger partial charge in [0.25, 0.3) is 0 Å². The van der Waals surface area contributed by atoms with Crippen LogP contribution in [0, 0.1) is 0 Å². The second kappa shape index (κ2) is 6.75. The van der Waals surface area contributed by atoms with Gasteiger partial charge < -0.3 is 5.32 Å². The van der Waals surface area contributed by atoms with Gasteiger partial charge in [-0.2, -0.15) is 0 Å². The summed E-state index contributed by atoms with van der Waals surface area (Å²) in [6.45, 7) is 13.7. The van der Waals surface area contributed by atoms with Crippen molar-refractivity contribution >= 4 is 0 Å². The molecule has 0 heterocycles. The Morgan fingerprint density at radius 1 is 1.18 bits per heavy atom. The van der Waals surface area contributed by atoms with E-state index in [9.17, 15) is 0 Å². The molecule has 102 valence electrons. The Hall–Kier alpha value is -0.0800. The Kier molecular flexibility index (Phi) is 5.94. The molecule has 1 N–H and O–H groups in total. The van der Waals surface area contributed by atoms with Gasteiger partial charge in [0.05, 0.1) is 0 Å². The Morgan fingerprint density at radius 2 is 1.76 bits per heavy atom. The van der Waals surface area contributed by atoms with E-state index in [1.165, 1.54) is 38.6 Å². The third-order valence-corrected chi connectivity index (χ3v) is 3.97. The second-order valence-electron chi connectivity index (χ2n) is 6.46. The fourth-order valence-corrected chi connectivity index (χ4v) is 2.97. The summed E-state index contributed by atoms with van der Waals surface area (Å²) in [4.78, 5) is 2.74. The molecule has 0 amide bonds. The first kappa shape index (κ1) is 15.0. The van der Waals surface area contributed by atoms with Crippen LogP contribution in [-0.2, 0) is 0 Å². The van der Waals surface area contributed by atoms with Crippen LogP contribution in [-0.4, -0.2) is 35.6 Å². The summed E-state index contributed by atoms with van der Waals surface area (Å²) >= 11 is 0. The van der Waals surface area contributed by atoms with Gasteiger partial charge in [-0.05, 0) is 46.6 Å². The molecule has 0 aromatic rings. The summed E-state index contributed by atoms with van der Waals surface area (Å²) in [5.74, 6) is 0. The van der Waals surface area contributed by atoms with E-state index in [2.05, 4.69) is 44.8 Å². The van der Waals surface area contributed by atoms with Crippen molar-refractivity contribution in [1.82, 2.24) is 10.2 Å². The lowest BCUT2D eigenvalue weighted by atomic mass is 10.1. The lowest BCUT2D eigenvalue weighted by molar-refractivity contribution is 0.131. The summed E-state index contributed by atoms with van der Waals surface area (Å²) in [7, 11) is 0. The Morgan fingerprint density at radius 3 is 2.18 bits per heavy atom. The zero-order valence-electron chi connectivity index (χ0n) is 12.6. The monoisotopic (exact) mass is 240 g/mol. The number of hydrogen-bond donors (Lipinski definition) is 1. The number of likely N-dealkylation sites (N-methyl/N-ethyl adjacent to an activating group) is 1. The Bertz CT molecular complexity index is 201. The van der Waals surface area contributed by atoms with Crippen LogP contribution in [0.5, 0.6) is 0 Å². The van der Waals surface area contributed by atoms with E-state index < -0.39 is 0 Å². The highest BCUT2D eigenvalue weighted by atomic mass is 15.2. The highest BCUT2D eigenvalue weighted by molar-refractivity contribution is 4.84. The summed E-state index contributed by atoms with van der Waals surface area (Å²) in [6.07, 6.45) is 6.96. The van der Waals surface area contributed by atoms with Crippen LogP contribution < -0.4 is 5.32 Å². The van der Waals surface area contributed by atoms with Crippen molar-refractivity contribution in [3.8, 4) is 0 Å². The van der Waals surface area contributed by atoms with E-state index in [0.717, 1.165) is 12.6 Å². The van der Waals surface area contributed by atoms with Crippen molar-refractivity contribution < 1.29 is 0 Å². The highest BCUT2D eigenvalue weighted by Gasteiger charge is 2.27. The van der Waals surface area contributed by atoms with Crippen LogP contribution in [0.3, 0.4) is 0 Å². The maximum Gasteiger partial charge on any atom is 0.0221 e. The molecule has 17 heavy (non-hydrogen) atoms. The van der Waals surface area contributed by atoms with Crippen molar-refractivity contribution in [2.24, 2.45) is 0 Å². The van der Waals surface area contributed by atoms with E-state index in [0.29, 0.717) is 6.04 Å². The van der Waals surface area contributed by atoms with Crippen LogP contribution in [0.15, 0.2) is 0 Å². The van der Waals surface area contributed by atoms with Crippen molar-refractivity contribution in [1.29, 1.82) is 0 Å². The fourth-order valence-electron chi connectivity index (χ4n) is 2.97. The number of nitrogens with zero attached hydrogens (tertiary/aromatic N) is 1. The average Bonchev–Trinajstić information content (AvgIpc) is 2.76. The molecule has 0 aliphatic heterocycles. The summed E-state index contributed by atoms with van der Waals surface area (Å²) < 4.78 is 0. The number of hydrogen-bond acceptors (Lipinski definition) is 2. The first-order valence-corrected chi connectivity index (χ1v) is 7.48. The number of nitrogens with one attached hydrogen (secondary N) is 1. The van der Waals surface area contributed by atoms with Crippen molar-refractivity contribution in [3.05, 3.63) is 0 Å². The van der Waals surface area contributed by atoms with Gasteiger partial charge in [-0.15, -0.1) is 0 Å². The molecular formula is C15H32N2. The average molecular weight is 240 g/mol. The smallest absolute Gasteiger partial charge is 0.0221 e. The minimum Gasteiger partial charge on any atom is -0.311 e. The van der Waals surface area contributed by atoms with Crippen LogP contribution in [0.25, 0.3) is 0 Å². The van der Waals surface area contributed by atoms with Gasteiger partial charge in [0.15, 0.2) is 0 Å². The first-order valence-electron chi connectivity index (χ1n) is 7.48. The molecule has 2 nitrogen and oxygen atoms in total. The van der Waals surface area contributed by atoms with Crippen LogP contribution in [0.2, 0.25) is 0 Å². The molecule has 1 atom stereocenters. The highest BCUT2D eigenvalue weighted by Crippen LogP contribution is 2.25. The van der Waals surface area contributed by atoms with Gasteiger partial charge in [0.1, 0.15) is 0 Å². The molecule has 0 aromatic carbocycles. The predicted octanol–water partition coefficient (Wildman–Crippen LogP) is 3.42.